The highest BCUT2D eigenvalue weighted by Gasteiger charge is 2.48. The van der Waals surface area contributed by atoms with Crippen molar-refractivity contribution in [2.45, 2.75) is 33.3 Å². The molecule has 0 fully saturated rings. The summed E-state index contributed by atoms with van der Waals surface area (Å²) >= 11 is 0. The van der Waals surface area contributed by atoms with E-state index in [4.69, 9.17) is 4.74 Å². The van der Waals surface area contributed by atoms with E-state index >= 15 is 0 Å². The standard InChI is InChI=1S/C8H13NO2/c1-7(2,3)8(4)6(10)9-5-11-8/h5H,1-4H3. The summed E-state index contributed by atoms with van der Waals surface area (Å²) in [5.41, 5.74) is -0.979. The second-order valence-corrected chi connectivity index (χ2v) is 3.94. The van der Waals surface area contributed by atoms with Crippen LogP contribution in [-0.2, 0) is 9.53 Å². The number of hydrogen-bond donors (Lipinski definition) is 0. The van der Waals surface area contributed by atoms with Gasteiger partial charge in [-0.3, -0.25) is 4.79 Å². The van der Waals surface area contributed by atoms with Gasteiger partial charge >= 0.3 is 0 Å². The van der Waals surface area contributed by atoms with E-state index in [1.54, 1.807) is 6.92 Å². The molecule has 0 saturated carbocycles. The van der Waals surface area contributed by atoms with E-state index in [2.05, 4.69) is 4.99 Å². The molecule has 3 nitrogen and oxygen atoms in total. The van der Waals surface area contributed by atoms with Crippen LogP contribution in [0.5, 0.6) is 0 Å². The maximum absolute atomic E-state index is 11.2. The number of ether oxygens (including phenoxy) is 1. The molecule has 0 bridgehead atoms. The van der Waals surface area contributed by atoms with E-state index in [1.165, 1.54) is 6.40 Å². The number of aliphatic imine (C=N–C) groups is 1. The lowest BCUT2D eigenvalue weighted by Gasteiger charge is -2.34. The van der Waals surface area contributed by atoms with E-state index < -0.39 is 5.60 Å². The molecule has 0 spiro atoms. The van der Waals surface area contributed by atoms with Gasteiger partial charge in [0.2, 0.25) is 0 Å². The minimum absolute atomic E-state index is 0.190. The minimum atomic E-state index is -0.771. The third-order valence-corrected chi connectivity index (χ3v) is 2.30. The van der Waals surface area contributed by atoms with Crippen molar-refractivity contribution in [1.82, 2.24) is 0 Å². The van der Waals surface area contributed by atoms with Crippen molar-refractivity contribution in [3.05, 3.63) is 0 Å². The molecule has 1 aliphatic heterocycles. The summed E-state index contributed by atoms with van der Waals surface area (Å²) in [5.74, 6) is -0.190. The molecule has 0 radical (unpaired) electrons. The summed E-state index contributed by atoms with van der Waals surface area (Å²) in [6.45, 7) is 7.64. The molecule has 1 aliphatic rings. The molecule has 0 aromatic carbocycles. The van der Waals surface area contributed by atoms with Crippen LogP contribution in [0.15, 0.2) is 4.99 Å². The van der Waals surface area contributed by atoms with Crippen molar-refractivity contribution in [3.8, 4) is 0 Å². The summed E-state index contributed by atoms with van der Waals surface area (Å²) in [6.07, 6.45) is 1.23. The summed E-state index contributed by atoms with van der Waals surface area (Å²) < 4.78 is 5.18. The Morgan fingerprint density at radius 2 is 2.09 bits per heavy atom. The maximum atomic E-state index is 11.2. The van der Waals surface area contributed by atoms with Crippen molar-refractivity contribution >= 4 is 12.3 Å². The SMILES string of the molecule is CC(C)(C)C1(C)OC=NC1=O. The number of carbonyl (C=O) groups is 1. The summed E-state index contributed by atoms with van der Waals surface area (Å²) in [5, 5.41) is 0. The van der Waals surface area contributed by atoms with E-state index in [1.807, 2.05) is 20.8 Å². The van der Waals surface area contributed by atoms with Crippen molar-refractivity contribution in [2.75, 3.05) is 0 Å². The number of carbonyl (C=O) groups excluding carboxylic acids is 1. The monoisotopic (exact) mass is 155 g/mol. The lowest BCUT2D eigenvalue weighted by atomic mass is 9.77. The van der Waals surface area contributed by atoms with Gasteiger partial charge in [-0.15, -0.1) is 0 Å². The molecule has 62 valence electrons. The van der Waals surface area contributed by atoms with Gasteiger partial charge in [-0.1, -0.05) is 20.8 Å². The number of rotatable bonds is 0. The lowest BCUT2D eigenvalue weighted by molar-refractivity contribution is -0.137. The van der Waals surface area contributed by atoms with E-state index in [0.29, 0.717) is 0 Å². The Morgan fingerprint density at radius 3 is 2.27 bits per heavy atom. The molecule has 0 aliphatic carbocycles. The van der Waals surface area contributed by atoms with Gasteiger partial charge in [-0.2, -0.15) is 4.99 Å². The van der Waals surface area contributed by atoms with E-state index in [9.17, 15) is 4.79 Å². The summed E-state index contributed by atoms with van der Waals surface area (Å²) in [7, 11) is 0. The topological polar surface area (TPSA) is 38.7 Å². The first-order chi connectivity index (χ1) is 4.88. The highest BCUT2D eigenvalue weighted by molar-refractivity contribution is 5.95. The molecular formula is C8H13NO2. The zero-order valence-electron chi connectivity index (χ0n) is 7.34. The Balaban J connectivity index is 2.94. The summed E-state index contributed by atoms with van der Waals surface area (Å²) in [4.78, 5) is 14.8. The fourth-order valence-corrected chi connectivity index (χ4v) is 0.851. The van der Waals surface area contributed by atoms with Crippen molar-refractivity contribution < 1.29 is 9.53 Å². The molecule has 0 aromatic rings. The molecule has 0 aromatic heterocycles. The van der Waals surface area contributed by atoms with Crippen LogP contribution in [0.1, 0.15) is 27.7 Å². The molecule has 1 unspecified atom stereocenters. The van der Waals surface area contributed by atoms with Crippen LogP contribution < -0.4 is 0 Å². The zero-order chi connectivity index (χ0) is 8.70. The third-order valence-electron chi connectivity index (χ3n) is 2.30. The van der Waals surface area contributed by atoms with Crippen LogP contribution in [0.3, 0.4) is 0 Å². The molecule has 1 atom stereocenters. The van der Waals surface area contributed by atoms with Gasteiger partial charge in [0, 0.05) is 5.41 Å². The van der Waals surface area contributed by atoms with Gasteiger partial charge < -0.3 is 4.74 Å². The average Bonchev–Trinajstić information content (AvgIpc) is 2.12. The molecule has 1 amide bonds. The highest BCUT2D eigenvalue weighted by Crippen LogP contribution is 2.36. The Labute approximate surface area is 66.5 Å². The minimum Gasteiger partial charge on any atom is -0.466 e. The molecule has 0 saturated heterocycles. The van der Waals surface area contributed by atoms with Gasteiger partial charge in [0.25, 0.3) is 5.91 Å². The van der Waals surface area contributed by atoms with Crippen LogP contribution in [0.4, 0.5) is 0 Å². The van der Waals surface area contributed by atoms with Crippen molar-refractivity contribution in [2.24, 2.45) is 10.4 Å². The van der Waals surface area contributed by atoms with Crippen LogP contribution in [0.25, 0.3) is 0 Å². The normalized spacial score (nSPS) is 30.7. The Morgan fingerprint density at radius 1 is 1.55 bits per heavy atom. The first kappa shape index (κ1) is 8.24. The Bertz CT molecular complexity index is 215. The second kappa shape index (κ2) is 2.06. The van der Waals surface area contributed by atoms with Gasteiger partial charge in [-0.25, -0.2) is 0 Å². The predicted molar refractivity (Wildman–Crippen MR) is 42.4 cm³/mol. The first-order valence-electron chi connectivity index (χ1n) is 3.63. The Kier molecular flexibility index (Phi) is 1.54. The number of hydrogen-bond acceptors (Lipinski definition) is 2. The number of amides is 1. The molecular weight excluding hydrogens is 142 g/mol. The van der Waals surface area contributed by atoms with E-state index in [0.717, 1.165) is 0 Å². The van der Waals surface area contributed by atoms with Gasteiger partial charge in [-0.05, 0) is 6.92 Å². The van der Waals surface area contributed by atoms with Crippen LogP contribution in [-0.4, -0.2) is 17.9 Å². The molecule has 1 heterocycles. The van der Waals surface area contributed by atoms with Crippen molar-refractivity contribution in [1.29, 1.82) is 0 Å². The van der Waals surface area contributed by atoms with E-state index in [-0.39, 0.29) is 11.3 Å². The van der Waals surface area contributed by atoms with Crippen LogP contribution in [0, 0.1) is 5.41 Å². The maximum Gasteiger partial charge on any atom is 0.292 e. The Hall–Kier alpha value is -0.860. The smallest absolute Gasteiger partial charge is 0.292 e. The highest BCUT2D eigenvalue weighted by atomic mass is 16.5. The third kappa shape index (κ3) is 1.04. The first-order valence-corrected chi connectivity index (χ1v) is 3.63. The predicted octanol–water partition coefficient (Wildman–Crippen LogP) is 1.38. The average molecular weight is 155 g/mol. The largest absolute Gasteiger partial charge is 0.466 e. The zero-order valence-corrected chi connectivity index (χ0v) is 7.34. The fraction of sp³-hybridized carbons (Fsp3) is 0.750. The van der Waals surface area contributed by atoms with Gasteiger partial charge in [0.1, 0.15) is 0 Å². The lowest BCUT2D eigenvalue weighted by Crippen LogP contribution is -2.45. The molecule has 11 heavy (non-hydrogen) atoms. The molecule has 0 N–H and O–H groups in total. The quantitative estimate of drug-likeness (QED) is 0.530. The molecule has 3 heteroatoms. The fourth-order valence-electron chi connectivity index (χ4n) is 0.851. The van der Waals surface area contributed by atoms with Crippen LogP contribution >= 0.6 is 0 Å². The number of nitrogens with zero attached hydrogens (tertiary/aromatic N) is 1. The van der Waals surface area contributed by atoms with Crippen molar-refractivity contribution in [3.63, 3.8) is 0 Å². The van der Waals surface area contributed by atoms with Gasteiger partial charge in [0.05, 0.1) is 0 Å². The van der Waals surface area contributed by atoms with Crippen LogP contribution in [0.2, 0.25) is 0 Å². The summed E-state index contributed by atoms with van der Waals surface area (Å²) in [6, 6.07) is 0. The molecule has 1 rings (SSSR count). The second-order valence-electron chi connectivity index (χ2n) is 3.94. The van der Waals surface area contributed by atoms with Gasteiger partial charge in [0.15, 0.2) is 12.0 Å².